The van der Waals surface area contributed by atoms with E-state index in [9.17, 15) is 8.42 Å². The Morgan fingerprint density at radius 3 is 2.55 bits per heavy atom. The van der Waals surface area contributed by atoms with Crippen LogP contribution in [-0.2, 0) is 16.6 Å². The fourth-order valence-electron chi connectivity index (χ4n) is 1.95. The maximum Gasteiger partial charge on any atom is 0.214 e. The lowest BCUT2D eigenvalue weighted by atomic mass is 10.2. The smallest absolute Gasteiger partial charge is 0.214 e. The van der Waals surface area contributed by atoms with Crippen molar-refractivity contribution in [3.63, 3.8) is 0 Å². The highest BCUT2D eigenvalue weighted by Gasteiger charge is 2.21. The van der Waals surface area contributed by atoms with Crippen molar-refractivity contribution in [3.8, 4) is 0 Å². The maximum absolute atomic E-state index is 12.1. The molecule has 0 unspecified atom stereocenters. The van der Waals surface area contributed by atoms with E-state index in [2.05, 4.69) is 5.32 Å². The van der Waals surface area contributed by atoms with E-state index in [1.165, 1.54) is 17.1 Å². The van der Waals surface area contributed by atoms with Gasteiger partial charge in [-0.25, -0.2) is 12.7 Å². The van der Waals surface area contributed by atoms with Crippen LogP contribution in [0.1, 0.15) is 24.8 Å². The molecule has 20 heavy (non-hydrogen) atoms. The Morgan fingerprint density at radius 2 is 1.95 bits per heavy atom. The number of halogens is 1. The molecule has 0 bridgehead atoms. The van der Waals surface area contributed by atoms with Crippen molar-refractivity contribution < 1.29 is 8.42 Å². The van der Waals surface area contributed by atoms with Crippen LogP contribution >= 0.6 is 11.6 Å². The molecule has 0 spiro atoms. The molecule has 1 aliphatic carbocycles. The molecule has 1 aromatic rings. The van der Waals surface area contributed by atoms with Crippen molar-refractivity contribution in [2.45, 2.75) is 31.8 Å². The predicted molar refractivity (Wildman–Crippen MR) is 82.3 cm³/mol. The van der Waals surface area contributed by atoms with Crippen LogP contribution < -0.4 is 5.32 Å². The van der Waals surface area contributed by atoms with E-state index < -0.39 is 10.0 Å². The first kappa shape index (κ1) is 15.8. The summed E-state index contributed by atoms with van der Waals surface area (Å²) in [5.41, 5.74) is 0.941. The Balaban J connectivity index is 1.79. The van der Waals surface area contributed by atoms with Crippen LogP contribution in [-0.4, -0.2) is 38.1 Å². The first-order chi connectivity index (χ1) is 9.47. The lowest BCUT2D eigenvalue weighted by Crippen LogP contribution is -2.30. The zero-order valence-corrected chi connectivity index (χ0v) is 13.3. The van der Waals surface area contributed by atoms with E-state index in [1.807, 2.05) is 12.1 Å². The van der Waals surface area contributed by atoms with Gasteiger partial charge in [-0.3, -0.25) is 0 Å². The summed E-state index contributed by atoms with van der Waals surface area (Å²) >= 11 is 5.81. The van der Waals surface area contributed by atoms with E-state index in [0.717, 1.165) is 12.1 Å². The topological polar surface area (TPSA) is 49.4 Å². The molecule has 1 fully saturated rings. The molecular formula is C14H21ClN2O2S. The highest BCUT2D eigenvalue weighted by Crippen LogP contribution is 2.18. The third kappa shape index (κ3) is 5.05. The van der Waals surface area contributed by atoms with Gasteiger partial charge in [0.15, 0.2) is 0 Å². The monoisotopic (exact) mass is 316 g/mol. The molecular weight excluding hydrogens is 296 g/mol. The number of benzene rings is 1. The Bertz CT molecular complexity index is 527. The van der Waals surface area contributed by atoms with Gasteiger partial charge in [-0.2, -0.15) is 0 Å². The van der Waals surface area contributed by atoms with E-state index in [1.54, 1.807) is 19.2 Å². The van der Waals surface area contributed by atoms with E-state index in [4.69, 9.17) is 11.6 Å². The highest BCUT2D eigenvalue weighted by molar-refractivity contribution is 7.89. The van der Waals surface area contributed by atoms with Gasteiger partial charge in [0.25, 0.3) is 0 Å². The molecule has 0 radical (unpaired) electrons. The van der Waals surface area contributed by atoms with Gasteiger partial charge in [-0.05, 0) is 43.5 Å². The minimum atomic E-state index is -3.19. The zero-order valence-electron chi connectivity index (χ0n) is 11.7. The third-order valence-corrected chi connectivity index (χ3v) is 5.52. The largest absolute Gasteiger partial charge is 0.314 e. The Kier molecular flexibility index (Phi) is 5.43. The van der Waals surface area contributed by atoms with E-state index in [0.29, 0.717) is 24.0 Å². The van der Waals surface area contributed by atoms with Gasteiger partial charge in [0.1, 0.15) is 0 Å². The van der Waals surface area contributed by atoms with Gasteiger partial charge in [-0.15, -0.1) is 0 Å². The summed E-state index contributed by atoms with van der Waals surface area (Å²) in [4.78, 5) is 0. The van der Waals surface area contributed by atoms with Gasteiger partial charge < -0.3 is 5.32 Å². The van der Waals surface area contributed by atoms with Gasteiger partial charge in [0.2, 0.25) is 10.0 Å². The van der Waals surface area contributed by atoms with Gasteiger partial charge >= 0.3 is 0 Å². The summed E-state index contributed by atoms with van der Waals surface area (Å²) in [5.74, 6) is 0.191. The molecule has 1 aromatic carbocycles. The van der Waals surface area contributed by atoms with Crippen molar-refractivity contribution in [1.29, 1.82) is 0 Å². The van der Waals surface area contributed by atoms with Crippen LogP contribution in [0, 0.1) is 0 Å². The van der Waals surface area contributed by atoms with Crippen LogP contribution in [0.3, 0.4) is 0 Å². The molecule has 0 aliphatic heterocycles. The molecule has 0 saturated heterocycles. The Labute approximate surface area is 126 Å². The second kappa shape index (κ2) is 6.89. The molecule has 112 valence electrons. The van der Waals surface area contributed by atoms with Crippen molar-refractivity contribution in [2.75, 3.05) is 19.3 Å². The minimum Gasteiger partial charge on any atom is -0.314 e. The first-order valence-corrected chi connectivity index (χ1v) is 8.88. The Morgan fingerprint density at radius 1 is 1.30 bits per heavy atom. The van der Waals surface area contributed by atoms with Crippen LogP contribution in [0.5, 0.6) is 0 Å². The lowest BCUT2D eigenvalue weighted by Gasteiger charge is -2.17. The molecule has 0 heterocycles. The van der Waals surface area contributed by atoms with E-state index in [-0.39, 0.29) is 5.75 Å². The molecule has 1 saturated carbocycles. The predicted octanol–water partition coefficient (Wildman–Crippen LogP) is 2.24. The summed E-state index contributed by atoms with van der Waals surface area (Å²) in [5, 5.41) is 3.98. The van der Waals surface area contributed by atoms with Crippen LogP contribution in [0.4, 0.5) is 0 Å². The van der Waals surface area contributed by atoms with Gasteiger partial charge in [0.05, 0.1) is 5.75 Å². The third-order valence-electron chi connectivity index (χ3n) is 3.38. The number of nitrogens with zero attached hydrogens (tertiary/aromatic N) is 1. The summed E-state index contributed by atoms with van der Waals surface area (Å²) in [6.07, 6.45) is 3.11. The molecule has 0 amide bonds. The maximum atomic E-state index is 12.1. The summed E-state index contributed by atoms with van der Waals surface area (Å²) in [6, 6.07) is 7.88. The number of hydrogen-bond acceptors (Lipinski definition) is 3. The highest BCUT2D eigenvalue weighted by atomic mass is 35.5. The van der Waals surface area contributed by atoms with Crippen molar-refractivity contribution in [3.05, 3.63) is 34.9 Å². The fourth-order valence-corrected chi connectivity index (χ4v) is 3.24. The average Bonchev–Trinajstić information content (AvgIpc) is 3.21. The second-order valence-electron chi connectivity index (χ2n) is 5.28. The van der Waals surface area contributed by atoms with Crippen molar-refractivity contribution in [1.82, 2.24) is 9.62 Å². The Hall–Kier alpha value is -0.620. The van der Waals surface area contributed by atoms with Crippen LogP contribution in [0.25, 0.3) is 0 Å². The zero-order chi connectivity index (χ0) is 14.6. The molecule has 0 aromatic heterocycles. The molecule has 1 N–H and O–H groups in total. The van der Waals surface area contributed by atoms with E-state index >= 15 is 0 Å². The summed E-state index contributed by atoms with van der Waals surface area (Å²) < 4.78 is 25.7. The summed E-state index contributed by atoms with van der Waals surface area (Å²) in [6.45, 7) is 1.16. The SMILES string of the molecule is CN(Cc1ccc(Cl)cc1)S(=O)(=O)CCCNC1CC1. The van der Waals surface area contributed by atoms with Crippen molar-refractivity contribution >= 4 is 21.6 Å². The number of rotatable bonds is 8. The first-order valence-electron chi connectivity index (χ1n) is 6.89. The number of sulfonamides is 1. The van der Waals surface area contributed by atoms with Crippen LogP contribution in [0.15, 0.2) is 24.3 Å². The molecule has 1 aliphatic rings. The quantitative estimate of drug-likeness (QED) is 0.748. The number of nitrogens with one attached hydrogen (secondary N) is 1. The van der Waals surface area contributed by atoms with Crippen LogP contribution in [0.2, 0.25) is 5.02 Å². The average molecular weight is 317 g/mol. The minimum absolute atomic E-state index is 0.191. The van der Waals surface area contributed by atoms with Crippen molar-refractivity contribution in [2.24, 2.45) is 0 Å². The second-order valence-corrected chi connectivity index (χ2v) is 7.91. The molecule has 0 atom stereocenters. The summed E-state index contributed by atoms with van der Waals surface area (Å²) in [7, 11) is -1.56. The van der Waals surface area contributed by atoms with Gasteiger partial charge in [-0.1, -0.05) is 23.7 Å². The standard InChI is InChI=1S/C14H21ClN2O2S/c1-17(11-12-3-5-13(15)6-4-12)20(18,19)10-2-9-16-14-7-8-14/h3-6,14,16H,2,7-11H2,1H3. The lowest BCUT2D eigenvalue weighted by molar-refractivity contribution is 0.464. The molecule has 4 nitrogen and oxygen atoms in total. The van der Waals surface area contributed by atoms with Gasteiger partial charge in [0, 0.05) is 24.7 Å². The normalized spacial score (nSPS) is 15.8. The molecule has 6 heteroatoms. The molecule has 2 rings (SSSR count). The number of hydrogen-bond donors (Lipinski definition) is 1. The fraction of sp³-hybridized carbons (Fsp3) is 0.571.